The zero-order valence-corrected chi connectivity index (χ0v) is 38.3. The van der Waals surface area contributed by atoms with Crippen molar-refractivity contribution in [1.82, 2.24) is 0 Å². The molecule has 0 saturated carbocycles. The van der Waals surface area contributed by atoms with Gasteiger partial charge in [-0.15, -0.1) is 0 Å². The van der Waals surface area contributed by atoms with Crippen molar-refractivity contribution in [3.8, 4) is 0 Å². The predicted octanol–water partition coefficient (Wildman–Crippen LogP) is 3.81. The molecule has 0 aromatic heterocycles. The van der Waals surface area contributed by atoms with Crippen LogP contribution in [0.3, 0.4) is 0 Å². The third-order valence-electron chi connectivity index (χ3n) is 15.8. The summed E-state index contributed by atoms with van der Waals surface area (Å²) in [4.78, 5) is 12.0. The number of carbonyl (C=O) groups is 1. The minimum Gasteiger partial charge on any atom is -0.479 e. The van der Waals surface area contributed by atoms with Gasteiger partial charge in [0.15, 0.2) is 11.6 Å². The summed E-state index contributed by atoms with van der Waals surface area (Å²) in [6.45, 7) is 19.3. The molecule has 22 unspecified atom stereocenters. The van der Waals surface area contributed by atoms with Crippen molar-refractivity contribution < 1.29 is 77.3 Å². The van der Waals surface area contributed by atoms with Gasteiger partial charge in [0, 0.05) is 70.9 Å². The summed E-state index contributed by atoms with van der Waals surface area (Å²) in [6.07, 6.45) is -3.38. The first-order valence-corrected chi connectivity index (χ1v) is 22.2. The summed E-state index contributed by atoms with van der Waals surface area (Å²) >= 11 is 0. The Morgan fingerprint density at radius 1 is 0.767 bits per heavy atom. The molecule has 22 atom stereocenters. The summed E-state index contributed by atoms with van der Waals surface area (Å²) < 4.78 is 71.3. The molecule has 0 amide bonds. The Balaban J connectivity index is 1.20. The maximum atomic E-state index is 12.0. The van der Waals surface area contributed by atoms with Crippen LogP contribution in [0.4, 0.5) is 0 Å². The number of hydrogen-bond donors (Lipinski definition) is 4. The molecule has 6 saturated heterocycles. The molecule has 16 heteroatoms. The van der Waals surface area contributed by atoms with Gasteiger partial charge < -0.3 is 72.5 Å². The molecule has 0 aromatic carbocycles. The second-order valence-corrected chi connectivity index (χ2v) is 19.6. The Bertz CT molecular complexity index is 1480. The van der Waals surface area contributed by atoms with Crippen LogP contribution in [0.5, 0.6) is 0 Å². The van der Waals surface area contributed by atoms with E-state index in [4.69, 9.17) is 52.1 Å². The lowest BCUT2D eigenvalue weighted by molar-refractivity contribution is -0.389. The first-order valence-electron chi connectivity index (χ1n) is 22.2. The Morgan fingerprint density at radius 3 is 1.97 bits per heavy atom. The lowest BCUT2D eigenvalue weighted by Gasteiger charge is -2.56. The largest absolute Gasteiger partial charge is 0.479 e. The van der Waals surface area contributed by atoms with Crippen molar-refractivity contribution in [2.45, 2.75) is 216 Å². The van der Waals surface area contributed by atoms with E-state index in [9.17, 15) is 25.2 Å². The normalized spacial score (nSPS) is 53.0. The topological polar surface area (TPSA) is 200 Å². The number of aliphatic hydroxyl groups is 3. The van der Waals surface area contributed by atoms with Gasteiger partial charge in [-0.3, -0.25) is 0 Å². The van der Waals surface area contributed by atoms with E-state index < -0.39 is 71.0 Å². The van der Waals surface area contributed by atoms with E-state index >= 15 is 0 Å². The Kier molecular flexibility index (Phi) is 14.3. The van der Waals surface area contributed by atoms with Crippen LogP contribution in [0.25, 0.3) is 0 Å². The highest BCUT2D eigenvalue weighted by Crippen LogP contribution is 2.57. The van der Waals surface area contributed by atoms with Gasteiger partial charge in [-0.05, 0) is 60.3 Å². The maximum absolute atomic E-state index is 12.0. The molecule has 6 aliphatic rings. The summed E-state index contributed by atoms with van der Waals surface area (Å²) in [5.74, 6) is -8.45. The molecule has 6 fully saturated rings. The van der Waals surface area contributed by atoms with Crippen molar-refractivity contribution in [3.63, 3.8) is 0 Å². The quantitative estimate of drug-likeness (QED) is 0.208. The summed E-state index contributed by atoms with van der Waals surface area (Å²) in [5, 5.41) is 43.5. The molecule has 348 valence electrons. The number of aliphatic hydroxyl groups excluding tert-OH is 1. The molecule has 4 N–H and O–H groups in total. The molecule has 0 aliphatic carbocycles. The van der Waals surface area contributed by atoms with Crippen LogP contribution in [0, 0.1) is 29.6 Å². The van der Waals surface area contributed by atoms with Crippen molar-refractivity contribution in [1.29, 1.82) is 0 Å². The van der Waals surface area contributed by atoms with E-state index in [2.05, 4.69) is 13.8 Å². The van der Waals surface area contributed by atoms with E-state index in [0.717, 1.165) is 19.3 Å². The highest BCUT2D eigenvalue weighted by atomic mass is 16.7. The Morgan fingerprint density at radius 2 is 1.38 bits per heavy atom. The van der Waals surface area contributed by atoms with E-state index in [1.165, 1.54) is 14.2 Å². The fraction of sp³-hybridized carbons (Fsp3) is 0.977. The van der Waals surface area contributed by atoms with E-state index in [0.29, 0.717) is 12.8 Å². The van der Waals surface area contributed by atoms with Crippen molar-refractivity contribution >= 4 is 5.97 Å². The molecule has 60 heavy (non-hydrogen) atoms. The third kappa shape index (κ3) is 8.02. The summed E-state index contributed by atoms with van der Waals surface area (Å²) in [5.41, 5.74) is -2.13. The zero-order valence-electron chi connectivity index (χ0n) is 38.3. The zero-order chi connectivity index (χ0) is 44.5. The predicted molar refractivity (Wildman–Crippen MR) is 215 cm³/mol. The molecule has 16 nitrogen and oxygen atoms in total. The van der Waals surface area contributed by atoms with Crippen LogP contribution >= 0.6 is 0 Å². The molecule has 1 spiro atoms. The fourth-order valence-corrected chi connectivity index (χ4v) is 12.1. The minimum atomic E-state index is -2.49. The number of aliphatic carboxylic acids is 1. The molecule has 0 bridgehead atoms. The highest BCUT2D eigenvalue weighted by Gasteiger charge is 2.70. The number of hydrogen-bond acceptors (Lipinski definition) is 15. The first kappa shape index (κ1) is 48.4. The van der Waals surface area contributed by atoms with E-state index in [1.807, 2.05) is 34.6 Å². The van der Waals surface area contributed by atoms with Gasteiger partial charge >= 0.3 is 5.97 Å². The van der Waals surface area contributed by atoms with E-state index in [-0.39, 0.29) is 78.9 Å². The van der Waals surface area contributed by atoms with Gasteiger partial charge in [0.2, 0.25) is 11.9 Å². The van der Waals surface area contributed by atoms with Crippen LogP contribution in [-0.2, 0) is 56.9 Å². The number of rotatable bonds is 13. The number of methoxy groups -OCH3 is 4. The molecule has 0 radical (unpaired) electrons. The van der Waals surface area contributed by atoms with Crippen molar-refractivity contribution in [3.05, 3.63) is 0 Å². The third-order valence-corrected chi connectivity index (χ3v) is 15.8. The second-order valence-electron chi connectivity index (χ2n) is 19.6. The fourth-order valence-electron chi connectivity index (χ4n) is 12.1. The van der Waals surface area contributed by atoms with Crippen molar-refractivity contribution in [2.24, 2.45) is 29.6 Å². The number of carboxylic acids is 1. The van der Waals surface area contributed by atoms with Crippen molar-refractivity contribution in [2.75, 3.05) is 28.4 Å². The van der Waals surface area contributed by atoms with Gasteiger partial charge in [0.1, 0.15) is 11.2 Å². The van der Waals surface area contributed by atoms with Crippen LogP contribution in [0.15, 0.2) is 0 Å². The Labute approximate surface area is 356 Å². The van der Waals surface area contributed by atoms with Gasteiger partial charge in [0.25, 0.3) is 0 Å². The lowest BCUT2D eigenvalue weighted by atomic mass is 9.73. The van der Waals surface area contributed by atoms with Crippen LogP contribution in [0.2, 0.25) is 0 Å². The number of carboxylic acid groups (broad SMARTS) is 1. The molecule has 0 aromatic rings. The number of ether oxygens (including phenoxy) is 11. The van der Waals surface area contributed by atoms with Gasteiger partial charge in [0.05, 0.1) is 73.2 Å². The Hall–Kier alpha value is -1.09. The minimum absolute atomic E-state index is 0.00667. The summed E-state index contributed by atoms with van der Waals surface area (Å²) in [7, 11) is 6.29. The maximum Gasteiger partial charge on any atom is 0.338 e. The highest BCUT2D eigenvalue weighted by molar-refractivity contribution is 5.73. The summed E-state index contributed by atoms with van der Waals surface area (Å²) in [6, 6.07) is 0. The average molecular weight is 861 g/mol. The SMILES string of the molecule is COC1CC(CC2OC(O)(C(O)C(=O)O)C(C)C(OC)C2(C)OC)OC2(OC(C)(C3CCC(C4CCC(C5OC(C)(O)C(C)C(OC(C)C)C5C)O4)O3)C(OC)C2C)C1C. The average Bonchev–Trinajstić information content (AvgIpc) is 3.93. The van der Waals surface area contributed by atoms with Gasteiger partial charge in [-0.2, -0.15) is 0 Å². The molecule has 6 heterocycles. The lowest BCUT2D eigenvalue weighted by Crippen LogP contribution is -2.72. The van der Waals surface area contributed by atoms with Crippen LogP contribution in [-0.4, -0.2) is 163 Å². The van der Waals surface area contributed by atoms with Gasteiger partial charge in [-0.25, -0.2) is 4.79 Å². The molecular weight excluding hydrogens is 784 g/mol. The standard InChI is InChI=1S/C44H76O16/c1-21(2)54-34-22(3)35(59-42(10,48)24(34)5)30-16-15-28(55-30)29-17-18-32(56-29)41(9)38(52-13)26(7)44(60-41)23(4)31(50-11)19-27(57-44)20-33-40(8,53-14)37(51-12)25(6)43(49,58-33)36(45)39(46)47/h21-38,45,48-49H,15-20H2,1-14H3,(H,46,47). The van der Waals surface area contributed by atoms with E-state index in [1.54, 1.807) is 35.0 Å². The second kappa shape index (κ2) is 17.7. The molecule has 6 rings (SSSR count). The first-order chi connectivity index (χ1) is 28.0. The van der Waals surface area contributed by atoms with Crippen LogP contribution in [0.1, 0.15) is 108 Å². The molecular formula is C44H76O16. The van der Waals surface area contributed by atoms with Gasteiger partial charge in [-0.1, -0.05) is 34.6 Å². The molecule has 6 aliphatic heterocycles. The monoisotopic (exact) mass is 861 g/mol. The smallest absolute Gasteiger partial charge is 0.338 e. The van der Waals surface area contributed by atoms with Crippen LogP contribution < -0.4 is 0 Å².